The minimum absolute atomic E-state index is 0.208. The average molecular weight is 500 g/mol. The van der Waals surface area contributed by atoms with Crippen LogP contribution in [0.15, 0.2) is 48.5 Å². The molecule has 5 N–H and O–H groups in total. The largest absolute Gasteiger partial charge is 0.508 e. The fraction of sp³-hybridized carbons (Fsp3) is 0.269. The SMILES string of the molecule is Cc1cc(O)cc(C)c1CC(N)C(=O)NC1CCNc2ccc(Oc3c(Cl)cccc3Cl)cc21. The van der Waals surface area contributed by atoms with Crippen LogP contribution in [0.4, 0.5) is 5.69 Å². The second-order valence-corrected chi connectivity index (χ2v) is 9.36. The van der Waals surface area contributed by atoms with Gasteiger partial charge in [-0.2, -0.15) is 0 Å². The summed E-state index contributed by atoms with van der Waals surface area (Å²) in [6.07, 6.45) is 1.09. The molecule has 4 rings (SSSR count). The van der Waals surface area contributed by atoms with Crippen molar-refractivity contribution < 1.29 is 14.6 Å². The standard InChI is InChI=1S/C26H27Cl2N3O3/c1-14-10-16(32)11-15(2)18(14)13-22(29)26(33)31-24-8-9-30-23-7-6-17(12-19(23)24)34-25-20(27)4-3-5-21(25)28/h3-7,10-12,22,24,30,32H,8-9,13,29H2,1-2H3,(H,31,33). The van der Waals surface area contributed by atoms with E-state index in [1.807, 2.05) is 32.0 Å². The summed E-state index contributed by atoms with van der Waals surface area (Å²) in [5.74, 6) is 0.928. The van der Waals surface area contributed by atoms with E-state index in [9.17, 15) is 9.90 Å². The zero-order chi connectivity index (χ0) is 24.4. The monoisotopic (exact) mass is 499 g/mol. The average Bonchev–Trinajstić information content (AvgIpc) is 2.79. The van der Waals surface area contributed by atoms with Crippen LogP contribution in [0, 0.1) is 13.8 Å². The minimum Gasteiger partial charge on any atom is -0.508 e. The molecule has 1 heterocycles. The Hall–Kier alpha value is -2.93. The van der Waals surface area contributed by atoms with Gasteiger partial charge in [-0.25, -0.2) is 0 Å². The van der Waals surface area contributed by atoms with Gasteiger partial charge in [-0.1, -0.05) is 29.3 Å². The molecule has 0 saturated carbocycles. The number of hydrogen-bond donors (Lipinski definition) is 4. The Morgan fingerprint density at radius 2 is 1.85 bits per heavy atom. The first-order valence-corrected chi connectivity index (χ1v) is 11.8. The maximum Gasteiger partial charge on any atom is 0.237 e. The van der Waals surface area contributed by atoms with Gasteiger partial charge in [-0.3, -0.25) is 4.79 Å². The van der Waals surface area contributed by atoms with Crippen LogP contribution in [-0.2, 0) is 11.2 Å². The molecule has 0 radical (unpaired) electrons. The molecule has 0 aromatic heterocycles. The molecular formula is C26H27Cl2N3O3. The Morgan fingerprint density at radius 1 is 1.18 bits per heavy atom. The van der Waals surface area contributed by atoms with Crippen molar-refractivity contribution in [3.63, 3.8) is 0 Å². The van der Waals surface area contributed by atoms with E-state index in [1.54, 1.807) is 30.3 Å². The lowest BCUT2D eigenvalue weighted by molar-refractivity contribution is -0.123. The molecule has 0 saturated heterocycles. The predicted octanol–water partition coefficient (Wildman–Crippen LogP) is 5.65. The van der Waals surface area contributed by atoms with Crippen molar-refractivity contribution in [3.8, 4) is 17.2 Å². The number of carbonyl (C=O) groups excluding carboxylic acids is 1. The molecule has 2 atom stereocenters. The van der Waals surface area contributed by atoms with Gasteiger partial charge in [0.15, 0.2) is 5.75 Å². The molecule has 2 unspecified atom stereocenters. The van der Waals surface area contributed by atoms with Gasteiger partial charge in [0.2, 0.25) is 5.91 Å². The Morgan fingerprint density at radius 3 is 2.53 bits per heavy atom. The molecule has 178 valence electrons. The fourth-order valence-electron chi connectivity index (χ4n) is 4.29. The van der Waals surface area contributed by atoms with E-state index in [4.69, 9.17) is 33.7 Å². The van der Waals surface area contributed by atoms with Gasteiger partial charge in [0, 0.05) is 17.8 Å². The lowest BCUT2D eigenvalue weighted by atomic mass is 9.94. The van der Waals surface area contributed by atoms with Crippen molar-refractivity contribution in [2.24, 2.45) is 5.73 Å². The van der Waals surface area contributed by atoms with Crippen molar-refractivity contribution in [1.82, 2.24) is 5.32 Å². The highest BCUT2D eigenvalue weighted by Gasteiger charge is 2.25. The fourth-order valence-corrected chi connectivity index (χ4v) is 4.77. The number of nitrogens with two attached hydrogens (primary N) is 1. The number of phenols is 1. The summed E-state index contributed by atoms with van der Waals surface area (Å²) in [5, 5.41) is 17.1. The first kappa shape index (κ1) is 24.2. The number of para-hydroxylation sites is 1. The number of amides is 1. The van der Waals surface area contributed by atoms with Crippen LogP contribution in [0.3, 0.4) is 0 Å². The van der Waals surface area contributed by atoms with Gasteiger partial charge < -0.3 is 26.2 Å². The van der Waals surface area contributed by atoms with Crippen molar-refractivity contribution in [1.29, 1.82) is 0 Å². The number of nitrogens with one attached hydrogen (secondary N) is 2. The summed E-state index contributed by atoms with van der Waals surface area (Å²) >= 11 is 12.5. The summed E-state index contributed by atoms with van der Waals surface area (Å²) in [6.45, 7) is 4.53. The van der Waals surface area contributed by atoms with Gasteiger partial charge in [-0.15, -0.1) is 0 Å². The topological polar surface area (TPSA) is 96.6 Å². The number of hydrogen-bond acceptors (Lipinski definition) is 5. The molecule has 0 bridgehead atoms. The van der Waals surface area contributed by atoms with Crippen molar-refractivity contribution >= 4 is 34.8 Å². The highest BCUT2D eigenvalue weighted by Crippen LogP contribution is 2.39. The lowest BCUT2D eigenvalue weighted by Gasteiger charge is -2.29. The molecule has 6 nitrogen and oxygen atoms in total. The number of ether oxygens (including phenoxy) is 1. The highest BCUT2D eigenvalue weighted by atomic mass is 35.5. The van der Waals surface area contributed by atoms with Gasteiger partial charge in [0.05, 0.1) is 22.1 Å². The van der Waals surface area contributed by atoms with E-state index in [0.29, 0.717) is 34.4 Å². The zero-order valence-electron chi connectivity index (χ0n) is 19.0. The zero-order valence-corrected chi connectivity index (χ0v) is 20.5. The Balaban J connectivity index is 1.51. The van der Waals surface area contributed by atoms with Gasteiger partial charge >= 0.3 is 0 Å². The van der Waals surface area contributed by atoms with E-state index in [-0.39, 0.29) is 17.7 Å². The van der Waals surface area contributed by atoms with Gasteiger partial charge in [0.25, 0.3) is 0 Å². The van der Waals surface area contributed by atoms with Gasteiger partial charge in [-0.05, 0) is 85.8 Å². The van der Waals surface area contributed by atoms with E-state index >= 15 is 0 Å². The molecule has 0 fully saturated rings. The van der Waals surface area contributed by atoms with Crippen molar-refractivity contribution in [2.45, 2.75) is 38.8 Å². The first-order chi connectivity index (χ1) is 16.2. The van der Waals surface area contributed by atoms with E-state index < -0.39 is 6.04 Å². The maximum absolute atomic E-state index is 13.0. The molecule has 3 aromatic rings. The van der Waals surface area contributed by atoms with Crippen LogP contribution in [0.5, 0.6) is 17.2 Å². The molecule has 1 aliphatic rings. The van der Waals surface area contributed by atoms with Crippen LogP contribution in [0.1, 0.15) is 34.7 Å². The number of phenolic OH excluding ortho intramolecular Hbond substituents is 1. The summed E-state index contributed by atoms with van der Waals surface area (Å²) in [7, 11) is 0. The number of carbonyl (C=O) groups is 1. The lowest BCUT2D eigenvalue weighted by Crippen LogP contribution is -2.44. The summed E-state index contributed by atoms with van der Waals surface area (Å²) in [6, 6.07) is 13.2. The minimum atomic E-state index is -0.721. The molecular weight excluding hydrogens is 473 g/mol. The summed E-state index contributed by atoms with van der Waals surface area (Å²) in [4.78, 5) is 13.0. The van der Waals surface area contributed by atoms with Crippen LogP contribution < -0.4 is 21.1 Å². The number of rotatable bonds is 6. The summed E-state index contributed by atoms with van der Waals surface area (Å²) < 4.78 is 5.97. The quantitative estimate of drug-likeness (QED) is 0.351. The number of anilines is 1. The van der Waals surface area contributed by atoms with E-state index in [0.717, 1.165) is 34.5 Å². The highest BCUT2D eigenvalue weighted by molar-refractivity contribution is 6.37. The molecule has 1 aliphatic heterocycles. The smallest absolute Gasteiger partial charge is 0.237 e. The van der Waals surface area contributed by atoms with Crippen molar-refractivity contribution in [2.75, 3.05) is 11.9 Å². The van der Waals surface area contributed by atoms with Crippen LogP contribution in [0.25, 0.3) is 0 Å². The maximum atomic E-state index is 13.0. The number of halogens is 2. The van der Waals surface area contributed by atoms with Crippen LogP contribution in [-0.4, -0.2) is 23.6 Å². The molecule has 3 aromatic carbocycles. The molecule has 0 aliphatic carbocycles. The second-order valence-electron chi connectivity index (χ2n) is 8.55. The predicted molar refractivity (Wildman–Crippen MR) is 136 cm³/mol. The Kier molecular flexibility index (Phi) is 7.22. The van der Waals surface area contributed by atoms with Gasteiger partial charge in [0.1, 0.15) is 11.5 Å². The Labute approximate surface area is 209 Å². The number of aromatic hydroxyl groups is 1. The van der Waals surface area contributed by atoms with Crippen LogP contribution >= 0.6 is 23.2 Å². The van der Waals surface area contributed by atoms with Crippen molar-refractivity contribution in [3.05, 3.63) is 80.8 Å². The molecule has 1 amide bonds. The van der Waals surface area contributed by atoms with Crippen LogP contribution in [0.2, 0.25) is 10.0 Å². The Bertz CT molecular complexity index is 1190. The number of benzene rings is 3. The number of fused-ring (bicyclic) bond motifs is 1. The normalized spacial score (nSPS) is 15.7. The second kappa shape index (κ2) is 10.1. The number of aryl methyl sites for hydroxylation is 2. The summed E-state index contributed by atoms with van der Waals surface area (Å²) in [5.41, 5.74) is 10.9. The van der Waals surface area contributed by atoms with E-state index in [1.165, 1.54) is 0 Å². The molecule has 8 heteroatoms. The molecule has 0 spiro atoms. The third kappa shape index (κ3) is 5.25. The third-order valence-corrected chi connectivity index (χ3v) is 6.64. The third-order valence-electron chi connectivity index (χ3n) is 6.04. The van der Waals surface area contributed by atoms with E-state index in [2.05, 4.69) is 10.6 Å². The molecule has 34 heavy (non-hydrogen) atoms. The first-order valence-electron chi connectivity index (χ1n) is 11.1.